The van der Waals surface area contributed by atoms with Crippen molar-refractivity contribution in [3.8, 4) is 0 Å². The van der Waals surface area contributed by atoms with Gasteiger partial charge >= 0.3 is 0 Å². The maximum Gasteiger partial charge on any atom is 0.247 e. The van der Waals surface area contributed by atoms with Gasteiger partial charge in [0.1, 0.15) is 6.04 Å². The van der Waals surface area contributed by atoms with Gasteiger partial charge in [-0.1, -0.05) is 6.07 Å². The van der Waals surface area contributed by atoms with Gasteiger partial charge in [-0.25, -0.2) is 0 Å². The lowest BCUT2D eigenvalue weighted by atomic mass is 9.49. The minimum atomic E-state index is -0.309. The van der Waals surface area contributed by atoms with E-state index in [1.807, 2.05) is 11.0 Å². The van der Waals surface area contributed by atoms with E-state index in [2.05, 4.69) is 29.3 Å². The van der Waals surface area contributed by atoms with Crippen LogP contribution in [0.1, 0.15) is 63.9 Å². The summed E-state index contributed by atoms with van der Waals surface area (Å²) >= 11 is 0. The van der Waals surface area contributed by atoms with Crippen LogP contribution in [0.4, 0.5) is 11.4 Å². The summed E-state index contributed by atoms with van der Waals surface area (Å²) < 4.78 is 0. The third-order valence-electron chi connectivity index (χ3n) is 9.03. The molecule has 2 heterocycles. The smallest absolute Gasteiger partial charge is 0.247 e. The molecule has 31 heavy (non-hydrogen) atoms. The van der Waals surface area contributed by atoms with Crippen LogP contribution in [0, 0.1) is 23.2 Å². The van der Waals surface area contributed by atoms with Crippen molar-refractivity contribution in [2.24, 2.45) is 23.2 Å². The maximum absolute atomic E-state index is 13.8. The summed E-state index contributed by atoms with van der Waals surface area (Å²) in [4.78, 5) is 31.5. The molecule has 4 saturated carbocycles. The Kier molecular flexibility index (Phi) is 4.59. The highest BCUT2D eigenvalue weighted by atomic mass is 16.2. The number of likely N-dealkylation sites (tertiary alicyclic amines) is 1. The molecule has 5 fully saturated rings. The Balaban J connectivity index is 1.19. The molecule has 7 rings (SSSR count). The molecule has 0 aromatic heterocycles. The highest BCUT2D eigenvalue weighted by Crippen LogP contribution is 2.60. The number of hydrogen-bond donors (Lipinski definition) is 1. The molecule has 5 heteroatoms. The number of hydrogen-bond acceptors (Lipinski definition) is 3. The lowest BCUT2D eigenvalue weighted by Gasteiger charge is -2.56. The number of carbonyl (C=O) groups is 2. The summed E-state index contributed by atoms with van der Waals surface area (Å²) in [5.41, 5.74) is 3.30. The first-order chi connectivity index (χ1) is 15.0. The number of amides is 2. The Bertz CT molecular complexity index is 875. The molecule has 1 aromatic rings. The van der Waals surface area contributed by atoms with Crippen LogP contribution in [0.2, 0.25) is 0 Å². The first kappa shape index (κ1) is 19.6. The van der Waals surface area contributed by atoms with Gasteiger partial charge in [-0.15, -0.1) is 0 Å². The van der Waals surface area contributed by atoms with Crippen LogP contribution >= 0.6 is 0 Å². The van der Waals surface area contributed by atoms with E-state index in [4.69, 9.17) is 0 Å². The second kappa shape index (κ2) is 7.25. The van der Waals surface area contributed by atoms with Crippen LogP contribution in [0.5, 0.6) is 0 Å². The van der Waals surface area contributed by atoms with Crippen molar-refractivity contribution in [1.82, 2.24) is 4.90 Å². The summed E-state index contributed by atoms with van der Waals surface area (Å²) in [7, 11) is 0. The van der Waals surface area contributed by atoms with Gasteiger partial charge in [-0.05, 0) is 100 Å². The molecule has 1 unspecified atom stereocenters. The first-order valence-electron chi connectivity index (χ1n) is 12.5. The molecule has 1 N–H and O–H groups in total. The number of nitrogens with one attached hydrogen (secondary N) is 1. The molecule has 5 nitrogen and oxygen atoms in total. The Morgan fingerprint density at radius 2 is 1.77 bits per heavy atom. The van der Waals surface area contributed by atoms with Crippen LogP contribution in [0.15, 0.2) is 18.2 Å². The third-order valence-corrected chi connectivity index (χ3v) is 9.03. The van der Waals surface area contributed by atoms with Crippen LogP contribution in [-0.2, 0) is 16.0 Å². The van der Waals surface area contributed by atoms with Crippen molar-refractivity contribution >= 4 is 23.2 Å². The van der Waals surface area contributed by atoms with Crippen LogP contribution in [0.25, 0.3) is 0 Å². The van der Waals surface area contributed by atoms with Crippen molar-refractivity contribution in [2.45, 2.75) is 70.8 Å². The molecular weight excluding hydrogens is 386 g/mol. The van der Waals surface area contributed by atoms with E-state index < -0.39 is 0 Å². The quantitative estimate of drug-likeness (QED) is 0.792. The van der Waals surface area contributed by atoms with Gasteiger partial charge in [0.15, 0.2) is 0 Å². The van der Waals surface area contributed by atoms with E-state index in [0.29, 0.717) is 5.91 Å². The average Bonchev–Trinajstić information content (AvgIpc) is 3.39. The molecule has 0 spiro atoms. The number of benzene rings is 1. The molecule has 4 bridgehead atoms. The number of likely N-dealkylation sites (N-methyl/N-ethyl adjacent to an activating group) is 1. The molecule has 166 valence electrons. The van der Waals surface area contributed by atoms with E-state index in [1.54, 1.807) is 0 Å². The van der Waals surface area contributed by atoms with Crippen molar-refractivity contribution in [1.29, 1.82) is 0 Å². The predicted octanol–water partition coefficient (Wildman–Crippen LogP) is 4.21. The van der Waals surface area contributed by atoms with Crippen LogP contribution < -0.4 is 10.2 Å². The second-order valence-electron chi connectivity index (χ2n) is 11.0. The van der Waals surface area contributed by atoms with E-state index in [1.165, 1.54) is 30.5 Å². The van der Waals surface area contributed by atoms with Crippen molar-refractivity contribution in [2.75, 3.05) is 29.9 Å². The Morgan fingerprint density at radius 1 is 1.06 bits per heavy atom. The Hall–Kier alpha value is -2.04. The molecule has 4 aliphatic carbocycles. The van der Waals surface area contributed by atoms with E-state index in [-0.39, 0.29) is 17.4 Å². The van der Waals surface area contributed by atoms with Gasteiger partial charge in [0.25, 0.3) is 0 Å². The topological polar surface area (TPSA) is 52.7 Å². The summed E-state index contributed by atoms with van der Waals surface area (Å²) in [6.45, 7) is 4.96. The van der Waals surface area contributed by atoms with E-state index >= 15 is 0 Å². The zero-order valence-corrected chi connectivity index (χ0v) is 18.7. The minimum absolute atomic E-state index is 0.00317. The predicted molar refractivity (Wildman–Crippen MR) is 122 cm³/mol. The van der Waals surface area contributed by atoms with Crippen molar-refractivity contribution in [3.63, 3.8) is 0 Å². The molecule has 6 aliphatic rings. The third kappa shape index (κ3) is 3.18. The van der Waals surface area contributed by atoms with Crippen molar-refractivity contribution in [3.05, 3.63) is 23.8 Å². The second-order valence-corrected chi connectivity index (χ2v) is 11.0. The van der Waals surface area contributed by atoms with Crippen molar-refractivity contribution < 1.29 is 9.59 Å². The fourth-order valence-electron chi connectivity index (χ4n) is 8.04. The lowest BCUT2D eigenvalue weighted by Crippen LogP contribution is -2.56. The number of rotatable bonds is 4. The van der Waals surface area contributed by atoms with Crippen LogP contribution in [0.3, 0.4) is 0 Å². The summed E-state index contributed by atoms with van der Waals surface area (Å²) in [5.74, 6) is 2.54. The highest BCUT2D eigenvalue weighted by molar-refractivity contribution is 5.98. The standard InChI is InChI=1S/C26H35N3O2/c1-2-28-9-7-20-5-6-21(13-23(20)28)27-24(30)22-4-3-8-29(22)25(31)26-14-17-10-18(15-26)12-19(11-17)16-26/h5-6,13,17-19,22H,2-4,7-12,14-16H2,1H3,(H,27,30). The summed E-state index contributed by atoms with van der Waals surface area (Å²) in [6, 6.07) is 5.98. The van der Waals surface area contributed by atoms with Gasteiger partial charge in [0.2, 0.25) is 11.8 Å². The van der Waals surface area contributed by atoms with Gasteiger partial charge in [0.05, 0.1) is 5.41 Å². The number of anilines is 2. The first-order valence-corrected chi connectivity index (χ1v) is 12.5. The molecule has 0 radical (unpaired) electrons. The maximum atomic E-state index is 13.8. The zero-order valence-electron chi connectivity index (χ0n) is 18.7. The van der Waals surface area contributed by atoms with Gasteiger partial charge in [-0.3, -0.25) is 9.59 Å². The van der Waals surface area contributed by atoms with Gasteiger partial charge in [0, 0.05) is 31.0 Å². The summed E-state index contributed by atoms with van der Waals surface area (Å²) in [5, 5.41) is 3.16. The SMILES string of the molecule is CCN1CCc2ccc(NC(=O)C3CCCN3C(=O)C34CC5CC(CC(C5)C3)C4)cc21. The Labute approximate surface area is 185 Å². The minimum Gasteiger partial charge on any atom is -0.371 e. The normalized spacial score (nSPS) is 35.5. The molecular formula is C26H35N3O2. The molecule has 1 saturated heterocycles. The number of carbonyl (C=O) groups excluding carboxylic acids is 2. The van der Waals surface area contributed by atoms with Gasteiger partial charge in [-0.2, -0.15) is 0 Å². The Morgan fingerprint density at radius 3 is 2.45 bits per heavy atom. The average molecular weight is 422 g/mol. The highest BCUT2D eigenvalue weighted by Gasteiger charge is 2.56. The summed E-state index contributed by atoms with van der Waals surface area (Å²) in [6.07, 6.45) is 10.0. The fraction of sp³-hybridized carbons (Fsp3) is 0.692. The largest absolute Gasteiger partial charge is 0.371 e. The van der Waals surface area contributed by atoms with E-state index in [0.717, 1.165) is 81.6 Å². The molecule has 1 aromatic carbocycles. The fourth-order valence-corrected chi connectivity index (χ4v) is 8.04. The molecule has 2 aliphatic heterocycles. The lowest BCUT2D eigenvalue weighted by molar-refractivity contribution is -0.160. The van der Waals surface area contributed by atoms with Crippen LogP contribution in [-0.4, -0.2) is 42.4 Å². The molecule has 2 amide bonds. The van der Waals surface area contributed by atoms with E-state index in [9.17, 15) is 9.59 Å². The zero-order chi connectivity index (χ0) is 21.2. The monoisotopic (exact) mass is 421 g/mol. The number of fused-ring (bicyclic) bond motifs is 1. The van der Waals surface area contributed by atoms with Gasteiger partial charge < -0.3 is 15.1 Å². The number of nitrogens with zero attached hydrogens (tertiary/aromatic N) is 2. The molecule has 1 atom stereocenters.